The molecule has 0 radical (unpaired) electrons. The number of carbonyl (C=O) groups is 1. The Hall–Kier alpha value is -3.06. The minimum Gasteiger partial charge on any atom is -0.397 e. The molecule has 0 saturated carbocycles. The smallest absolute Gasteiger partial charge is 0.256 e. The Morgan fingerprint density at radius 3 is 2.77 bits per heavy atom. The number of nitrogens with two attached hydrogens (primary N) is 1. The van der Waals surface area contributed by atoms with Crippen molar-refractivity contribution < 1.29 is 9.18 Å². The van der Waals surface area contributed by atoms with Gasteiger partial charge in [0.25, 0.3) is 5.91 Å². The van der Waals surface area contributed by atoms with Gasteiger partial charge in [-0.25, -0.2) is 4.39 Å². The number of nitrogens with zero attached hydrogens (tertiary/aromatic N) is 1. The van der Waals surface area contributed by atoms with Crippen LogP contribution in [0.3, 0.4) is 0 Å². The molecule has 4 rings (SSSR count). The van der Waals surface area contributed by atoms with E-state index >= 15 is 0 Å². The molecule has 158 valence electrons. The Labute approximate surface area is 176 Å². The number of H-pyrrole nitrogens is 1. The molecule has 1 amide bonds. The first-order chi connectivity index (χ1) is 14.3. The van der Waals surface area contributed by atoms with Crippen LogP contribution in [0.2, 0.25) is 0 Å². The Kier molecular flexibility index (Phi) is 5.39. The summed E-state index contributed by atoms with van der Waals surface area (Å²) in [6.45, 7) is 6.09. The quantitative estimate of drug-likeness (QED) is 0.584. The highest BCUT2D eigenvalue weighted by molar-refractivity contribution is 6.34. The van der Waals surface area contributed by atoms with E-state index in [1.807, 2.05) is 20.0 Å². The third kappa shape index (κ3) is 3.85. The summed E-state index contributed by atoms with van der Waals surface area (Å²) in [4.78, 5) is 18.1. The number of likely N-dealkylation sites (tertiary alicyclic amines) is 1. The zero-order chi connectivity index (χ0) is 21.4. The first-order valence-corrected chi connectivity index (χ1v) is 10.3. The molecule has 0 unspecified atom stereocenters. The van der Waals surface area contributed by atoms with E-state index in [1.165, 1.54) is 12.1 Å². The predicted molar refractivity (Wildman–Crippen MR) is 119 cm³/mol. The van der Waals surface area contributed by atoms with Gasteiger partial charge in [0, 0.05) is 40.4 Å². The van der Waals surface area contributed by atoms with Gasteiger partial charge in [-0.3, -0.25) is 4.79 Å². The van der Waals surface area contributed by atoms with Crippen LogP contribution in [0.5, 0.6) is 0 Å². The zero-order valence-corrected chi connectivity index (χ0v) is 17.6. The van der Waals surface area contributed by atoms with E-state index in [2.05, 4.69) is 27.6 Å². The number of aryl methyl sites for hydroxylation is 1. The largest absolute Gasteiger partial charge is 0.397 e. The average molecular weight is 410 g/mol. The molecule has 0 bridgehead atoms. The number of rotatable bonds is 4. The molecule has 2 aromatic rings. The summed E-state index contributed by atoms with van der Waals surface area (Å²) in [7, 11) is 2.14. The van der Waals surface area contributed by atoms with Crippen molar-refractivity contribution in [3.05, 3.63) is 58.3 Å². The van der Waals surface area contributed by atoms with Gasteiger partial charge < -0.3 is 26.3 Å². The first kappa shape index (κ1) is 20.2. The molecule has 2 aliphatic rings. The Bertz CT molecular complexity index is 1040. The summed E-state index contributed by atoms with van der Waals surface area (Å²) >= 11 is 0. The van der Waals surface area contributed by atoms with E-state index in [4.69, 9.17) is 5.73 Å². The molecule has 0 spiro atoms. The van der Waals surface area contributed by atoms with Gasteiger partial charge in [-0.15, -0.1) is 0 Å². The van der Waals surface area contributed by atoms with E-state index in [0.717, 1.165) is 48.4 Å². The highest BCUT2D eigenvalue weighted by Crippen LogP contribution is 2.34. The molecule has 0 atom stereocenters. The molecule has 5 N–H and O–H groups in total. The SMILES string of the molecule is Cc1[nH]c(/C=C2/C(=O)Nc3ccc(F)cc32)c(C)c1/C(N)=C/NC1CCN(C)CC1. The van der Waals surface area contributed by atoms with E-state index in [0.29, 0.717) is 28.6 Å². The molecule has 1 fully saturated rings. The molecule has 6 nitrogen and oxygen atoms in total. The fraction of sp³-hybridized carbons (Fsp3) is 0.348. The zero-order valence-electron chi connectivity index (χ0n) is 17.6. The van der Waals surface area contributed by atoms with Crippen LogP contribution in [0.15, 0.2) is 24.4 Å². The summed E-state index contributed by atoms with van der Waals surface area (Å²) in [6, 6.07) is 4.73. The molecule has 3 heterocycles. The van der Waals surface area contributed by atoms with Gasteiger partial charge in [0.1, 0.15) is 5.82 Å². The average Bonchev–Trinajstić information content (AvgIpc) is 3.17. The van der Waals surface area contributed by atoms with Gasteiger partial charge in [0.05, 0.1) is 11.3 Å². The fourth-order valence-electron chi connectivity index (χ4n) is 4.25. The van der Waals surface area contributed by atoms with E-state index in [1.54, 1.807) is 12.1 Å². The van der Waals surface area contributed by atoms with Crippen molar-refractivity contribution in [1.29, 1.82) is 0 Å². The van der Waals surface area contributed by atoms with Crippen LogP contribution in [-0.4, -0.2) is 42.0 Å². The lowest BCUT2D eigenvalue weighted by Gasteiger charge is -2.29. The highest BCUT2D eigenvalue weighted by Gasteiger charge is 2.25. The molecular weight excluding hydrogens is 381 g/mol. The molecule has 2 aliphatic heterocycles. The Balaban J connectivity index is 1.60. The minimum absolute atomic E-state index is 0.240. The second kappa shape index (κ2) is 7.99. The predicted octanol–water partition coefficient (Wildman–Crippen LogP) is 3.20. The second-order valence-corrected chi connectivity index (χ2v) is 8.21. The summed E-state index contributed by atoms with van der Waals surface area (Å²) in [5.41, 5.74) is 12.3. The normalized spacial score (nSPS) is 19.3. The number of carbonyl (C=O) groups excluding carboxylic acids is 1. The summed E-state index contributed by atoms with van der Waals surface area (Å²) in [5.74, 6) is -0.611. The van der Waals surface area contributed by atoms with Crippen molar-refractivity contribution in [3.63, 3.8) is 0 Å². The maximum atomic E-state index is 13.7. The van der Waals surface area contributed by atoms with Gasteiger partial charge in [-0.1, -0.05) is 0 Å². The van der Waals surface area contributed by atoms with Gasteiger partial charge in [0.2, 0.25) is 0 Å². The summed E-state index contributed by atoms with van der Waals surface area (Å²) in [5, 5.41) is 6.24. The second-order valence-electron chi connectivity index (χ2n) is 8.21. The van der Waals surface area contributed by atoms with Crippen LogP contribution in [0.25, 0.3) is 17.3 Å². The van der Waals surface area contributed by atoms with Crippen molar-refractivity contribution in [2.24, 2.45) is 5.73 Å². The molecular formula is C23H28FN5O. The van der Waals surface area contributed by atoms with Crippen LogP contribution < -0.4 is 16.4 Å². The van der Waals surface area contributed by atoms with E-state index < -0.39 is 0 Å². The molecule has 30 heavy (non-hydrogen) atoms. The van der Waals surface area contributed by atoms with Gasteiger partial charge in [-0.05, 0) is 76.7 Å². The van der Waals surface area contributed by atoms with Gasteiger partial charge in [0.15, 0.2) is 0 Å². The lowest BCUT2D eigenvalue weighted by atomic mass is 10.0. The minimum atomic E-state index is -0.372. The van der Waals surface area contributed by atoms with Crippen LogP contribution in [0.4, 0.5) is 10.1 Å². The van der Waals surface area contributed by atoms with Crippen molar-refractivity contribution in [1.82, 2.24) is 15.2 Å². The van der Waals surface area contributed by atoms with Crippen molar-refractivity contribution in [2.45, 2.75) is 32.7 Å². The lowest BCUT2D eigenvalue weighted by molar-refractivity contribution is -0.110. The van der Waals surface area contributed by atoms with Crippen molar-refractivity contribution in [2.75, 3.05) is 25.5 Å². The number of anilines is 1. The molecule has 1 aromatic carbocycles. The maximum absolute atomic E-state index is 13.7. The third-order valence-electron chi connectivity index (χ3n) is 6.01. The number of nitrogens with one attached hydrogen (secondary N) is 3. The van der Waals surface area contributed by atoms with Crippen molar-refractivity contribution in [3.8, 4) is 0 Å². The monoisotopic (exact) mass is 409 g/mol. The van der Waals surface area contributed by atoms with Crippen LogP contribution in [-0.2, 0) is 4.79 Å². The van der Waals surface area contributed by atoms with E-state index in [-0.39, 0.29) is 11.7 Å². The summed E-state index contributed by atoms with van der Waals surface area (Å²) < 4.78 is 13.7. The number of amides is 1. The van der Waals surface area contributed by atoms with Crippen LogP contribution in [0, 0.1) is 19.7 Å². The third-order valence-corrected chi connectivity index (χ3v) is 6.01. The van der Waals surface area contributed by atoms with E-state index in [9.17, 15) is 9.18 Å². The molecule has 1 aromatic heterocycles. The Morgan fingerprint density at radius 1 is 1.30 bits per heavy atom. The van der Waals surface area contributed by atoms with Gasteiger partial charge >= 0.3 is 0 Å². The molecule has 7 heteroatoms. The molecule has 0 aliphatic carbocycles. The first-order valence-electron chi connectivity index (χ1n) is 10.3. The Morgan fingerprint density at radius 2 is 2.03 bits per heavy atom. The van der Waals surface area contributed by atoms with Crippen LogP contribution >= 0.6 is 0 Å². The topological polar surface area (TPSA) is 86.2 Å². The fourth-order valence-corrected chi connectivity index (χ4v) is 4.25. The van der Waals surface area contributed by atoms with Crippen molar-refractivity contribution >= 4 is 28.9 Å². The number of hydrogen-bond acceptors (Lipinski definition) is 4. The number of hydrogen-bond donors (Lipinski definition) is 4. The lowest BCUT2D eigenvalue weighted by Crippen LogP contribution is -2.39. The number of piperidine rings is 1. The standard InChI is InChI=1S/C23H28FN5O/c1-13-21(11-18-17-10-15(24)4-5-20(17)28-23(18)30)27-14(2)22(13)19(25)12-26-16-6-8-29(3)9-7-16/h4-5,10-12,16,26-27H,6-9,25H2,1-3H3,(H,28,30)/b18-11+,19-12-. The number of benzene rings is 1. The van der Waals surface area contributed by atoms with Gasteiger partial charge in [-0.2, -0.15) is 0 Å². The number of fused-ring (bicyclic) bond motifs is 1. The molecule has 1 saturated heterocycles. The van der Waals surface area contributed by atoms with Crippen LogP contribution in [0.1, 0.15) is 40.9 Å². The maximum Gasteiger partial charge on any atom is 0.256 e. The number of aromatic amines is 1. The number of aromatic nitrogens is 1. The summed E-state index contributed by atoms with van der Waals surface area (Å²) in [6.07, 6.45) is 5.84. The highest BCUT2D eigenvalue weighted by atomic mass is 19.1. The number of halogens is 1.